The molecular weight excluding hydrogens is 1200 g/mol. The van der Waals surface area contributed by atoms with E-state index in [-0.39, 0.29) is 44.7 Å². The molecule has 83 heavy (non-hydrogen) atoms. The first-order valence-corrected chi connectivity index (χ1v) is 28.6. The van der Waals surface area contributed by atoms with Gasteiger partial charge in [0, 0.05) is 39.0 Å². The molecule has 5 aromatic heterocycles. The average Bonchev–Trinajstić information content (AvgIpc) is 1.91. The van der Waals surface area contributed by atoms with Crippen molar-refractivity contribution in [1.82, 2.24) is 24.1 Å². The minimum Gasteiger partial charge on any atom is -0.497 e. The van der Waals surface area contributed by atoms with Crippen molar-refractivity contribution in [1.29, 1.82) is 0 Å². The van der Waals surface area contributed by atoms with E-state index < -0.39 is 0 Å². The van der Waals surface area contributed by atoms with Gasteiger partial charge in [0.15, 0.2) is 5.58 Å². The second-order valence-corrected chi connectivity index (χ2v) is 22.9. The Morgan fingerprint density at radius 1 is 0.434 bits per heavy atom. The third kappa shape index (κ3) is 9.06. The topological polar surface area (TPSA) is 84.0 Å². The van der Waals surface area contributed by atoms with Crippen LogP contribution in [0.2, 0.25) is 0 Å². The number of ether oxygens (including phenoxy) is 1. The van der Waals surface area contributed by atoms with E-state index in [0.29, 0.717) is 39.8 Å². The Labute approximate surface area is 497 Å². The van der Waals surface area contributed by atoms with E-state index in [1.807, 2.05) is 49.4 Å². The average molecular weight is 1260 g/mol. The quantitative estimate of drug-likeness (QED) is 0.113. The zero-order chi connectivity index (χ0) is 56.1. The Kier molecular flexibility index (Phi) is 13.6. The number of furan rings is 2. The molecule has 0 aliphatic heterocycles. The standard InChI is InChI=1S/C74H61N5O3.Pt/c1-42(2)55-36-50(47-23-12-10-13-24-47)37-56(43(3)4)68(55)78-63-32-19-17-30-61(63)76-72(78)49-27-22-28-52(35-49)80-53-40-59-67-66-54-29-16-21-34-65(54)81-70(66)46(9)75-74(67)82-71(59)60(41-53)73-77-62-31-18-20-33-64(62)79(73)69-57(44(5)6)38-51(39-58(69)45(7)8)48-25-14-11-15-26-48;/h10-34,36-40,42-45H,1-9H3;/q-2;+2. The predicted octanol–water partition coefficient (Wildman–Crippen LogP) is 20.4. The largest absolute Gasteiger partial charge is 2.00 e. The van der Waals surface area contributed by atoms with Crippen molar-refractivity contribution in [2.45, 2.75) is 86.0 Å². The summed E-state index contributed by atoms with van der Waals surface area (Å²) < 4.78 is 25.6. The molecule has 0 bridgehead atoms. The maximum Gasteiger partial charge on any atom is 2.00 e. The Bertz CT molecular complexity index is 4750. The summed E-state index contributed by atoms with van der Waals surface area (Å²) in [4.78, 5) is 16.1. The van der Waals surface area contributed by atoms with Gasteiger partial charge in [-0.25, -0.2) is 4.98 Å². The van der Waals surface area contributed by atoms with Gasteiger partial charge in [-0.3, -0.25) is 9.97 Å². The molecule has 0 aliphatic rings. The number of hydrogen-bond donors (Lipinski definition) is 0. The number of para-hydroxylation sites is 5. The van der Waals surface area contributed by atoms with Crippen LogP contribution in [-0.2, 0) is 21.1 Å². The van der Waals surface area contributed by atoms with Crippen molar-refractivity contribution >= 4 is 66.1 Å². The van der Waals surface area contributed by atoms with Gasteiger partial charge in [0.05, 0.1) is 45.0 Å². The van der Waals surface area contributed by atoms with Crippen molar-refractivity contribution in [3.05, 3.63) is 222 Å². The molecule has 5 heterocycles. The van der Waals surface area contributed by atoms with E-state index in [1.54, 1.807) is 0 Å². The molecule has 0 saturated heterocycles. The van der Waals surface area contributed by atoms with Crippen molar-refractivity contribution in [3.63, 3.8) is 0 Å². The Hall–Kier alpha value is -8.84. The minimum atomic E-state index is 0. The van der Waals surface area contributed by atoms with E-state index >= 15 is 0 Å². The van der Waals surface area contributed by atoms with E-state index in [0.717, 1.165) is 77.7 Å². The molecule has 0 unspecified atom stereocenters. The van der Waals surface area contributed by atoms with Crippen LogP contribution in [0.3, 0.4) is 0 Å². The third-order valence-corrected chi connectivity index (χ3v) is 16.2. The van der Waals surface area contributed by atoms with Crippen molar-refractivity contribution in [2.24, 2.45) is 0 Å². The summed E-state index contributed by atoms with van der Waals surface area (Å²) in [6.45, 7) is 20.2. The molecule has 0 N–H and O–H groups in total. The third-order valence-electron chi connectivity index (χ3n) is 16.2. The van der Waals surface area contributed by atoms with Crippen LogP contribution in [0.1, 0.15) is 107 Å². The number of imidazole rings is 2. The maximum absolute atomic E-state index is 7.18. The molecular formula is C74H61N5O3Pt. The summed E-state index contributed by atoms with van der Waals surface area (Å²) >= 11 is 0. The smallest absolute Gasteiger partial charge is 0.497 e. The van der Waals surface area contributed by atoms with Crippen molar-refractivity contribution in [2.75, 3.05) is 0 Å². The second-order valence-electron chi connectivity index (χ2n) is 22.9. The Morgan fingerprint density at radius 2 is 0.940 bits per heavy atom. The number of aryl methyl sites for hydroxylation is 1. The van der Waals surface area contributed by atoms with Gasteiger partial charge in [-0.05, 0) is 135 Å². The van der Waals surface area contributed by atoms with Crippen LogP contribution in [0.4, 0.5) is 0 Å². The van der Waals surface area contributed by atoms with Gasteiger partial charge in [-0.2, -0.15) is 0 Å². The number of nitrogens with zero attached hydrogens (tertiary/aromatic N) is 5. The monoisotopic (exact) mass is 1260 g/mol. The number of fused-ring (bicyclic) bond motifs is 9. The molecule has 14 aromatic rings. The van der Waals surface area contributed by atoms with E-state index in [2.05, 4.69) is 216 Å². The molecule has 0 spiro atoms. The number of hydrogen-bond acceptors (Lipinski definition) is 6. The molecule has 8 nitrogen and oxygen atoms in total. The summed E-state index contributed by atoms with van der Waals surface area (Å²) in [5.74, 6) is 3.13. The number of aromatic nitrogens is 5. The van der Waals surface area contributed by atoms with Crippen LogP contribution < -0.4 is 4.74 Å². The fraction of sp³-hybridized carbons (Fsp3) is 0.176. The van der Waals surface area contributed by atoms with Crippen LogP contribution in [-0.4, -0.2) is 24.1 Å². The van der Waals surface area contributed by atoms with E-state index in [1.165, 1.54) is 44.5 Å². The molecule has 0 aliphatic carbocycles. The number of rotatable bonds is 12. The summed E-state index contributed by atoms with van der Waals surface area (Å²) in [6.07, 6.45) is 0. The van der Waals surface area contributed by atoms with Crippen molar-refractivity contribution < 1.29 is 34.6 Å². The van der Waals surface area contributed by atoms with Crippen LogP contribution in [0.5, 0.6) is 11.5 Å². The fourth-order valence-corrected chi connectivity index (χ4v) is 12.2. The molecule has 0 amide bonds. The van der Waals surface area contributed by atoms with Gasteiger partial charge in [0.1, 0.15) is 5.58 Å². The van der Waals surface area contributed by atoms with Gasteiger partial charge in [0.25, 0.3) is 0 Å². The molecule has 0 radical (unpaired) electrons. The molecule has 14 rings (SSSR count). The summed E-state index contributed by atoms with van der Waals surface area (Å²) in [6, 6.07) is 71.3. The first-order chi connectivity index (χ1) is 39.9. The normalized spacial score (nSPS) is 12.0. The second kappa shape index (κ2) is 21.2. The zero-order valence-corrected chi connectivity index (χ0v) is 50.2. The van der Waals surface area contributed by atoms with E-state index in [9.17, 15) is 0 Å². The van der Waals surface area contributed by atoms with Gasteiger partial charge < -0.3 is 22.7 Å². The maximum atomic E-state index is 7.18. The summed E-state index contributed by atoms with van der Waals surface area (Å²) in [5.41, 5.74) is 20.3. The Balaban J connectivity index is 0.00000645. The van der Waals surface area contributed by atoms with Crippen LogP contribution >= 0.6 is 0 Å². The summed E-state index contributed by atoms with van der Waals surface area (Å²) in [7, 11) is 0. The fourth-order valence-electron chi connectivity index (χ4n) is 12.2. The molecule has 410 valence electrons. The van der Waals surface area contributed by atoms with Crippen LogP contribution in [0.25, 0.3) is 122 Å². The summed E-state index contributed by atoms with van der Waals surface area (Å²) in [5, 5.41) is 3.53. The van der Waals surface area contributed by atoms with Gasteiger partial charge in [0.2, 0.25) is 5.71 Å². The molecule has 0 atom stereocenters. The SMILES string of the molecule is Cc1nc2oc3c(-c4nc5ccccc5n4-c4c(C(C)C)cc(-c5ccccc5)cc4C(C)C)[c-]c(Oc4[c-]c(-c5nc6ccccc6n5-c5c(C(C)C)cc(-c6ccccc6)cc5C(C)C)ccc4)cc3c2c2c1oc1ccccc12.[Pt+2]. The minimum absolute atomic E-state index is 0. The molecule has 0 saturated carbocycles. The Morgan fingerprint density at radius 3 is 1.51 bits per heavy atom. The van der Waals surface area contributed by atoms with Crippen molar-refractivity contribution in [3.8, 4) is 67.9 Å². The van der Waals surface area contributed by atoms with Crippen LogP contribution in [0.15, 0.2) is 191 Å². The molecule has 9 heteroatoms. The van der Waals surface area contributed by atoms with Gasteiger partial charge in [-0.1, -0.05) is 182 Å². The molecule has 9 aromatic carbocycles. The number of pyridine rings is 1. The van der Waals surface area contributed by atoms with E-state index in [4.69, 9.17) is 28.5 Å². The van der Waals surface area contributed by atoms with Gasteiger partial charge in [-0.15, -0.1) is 23.8 Å². The first kappa shape index (κ1) is 53.5. The van der Waals surface area contributed by atoms with Crippen LogP contribution in [0, 0.1) is 19.1 Å². The van der Waals surface area contributed by atoms with Gasteiger partial charge >= 0.3 is 21.1 Å². The number of benzene rings is 9. The first-order valence-electron chi connectivity index (χ1n) is 28.6. The molecule has 0 fully saturated rings. The zero-order valence-electron chi connectivity index (χ0n) is 47.9. The predicted molar refractivity (Wildman–Crippen MR) is 335 cm³/mol.